The van der Waals surface area contributed by atoms with Crippen LogP contribution in [0.1, 0.15) is 16.7 Å². The molecular formula is C15H12ClNO. The molecule has 0 bridgehead atoms. The summed E-state index contributed by atoms with van der Waals surface area (Å²) in [6, 6.07) is 15.2. The second kappa shape index (κ2) is 5.57. The summed E-state index contributed by atoms with van der Waals surface area (Å²) in [5.41, 5.74) is 2.78. The summed E-state index contributed by atoms with van der Waals surface area (Å²) >= 11 is 5.93. The molecule has 0 spiro atoms. The van der Waals surface area contributed by atoms with Crippen LogP contribution < -0.4 is 4.74 Å². The van der Waals surface area contributed by atoms with Crippen molar-refractivity contribution in [3.63, 3.8) is 0 Å². The van der Waals surface area contributed by atoms with Crippen molar-refractivity contribution in [2.24, 2.45) is 0 Å². The van der Waals surface area contributed by atoms with Gasteiger partial charge in [-0.05, 0) is 24.6 Å². The monoisotopic (exact) mass is 257 g/mol. The number of hydrogen-bond acceptors (Lipinski definition) is 2. The highest BCUT2D eigenvalue weighted by Crippen LogP contribution is 2.22. The molecule has 3 heteroatoms. The molecule has 0 unspecified atom stereocenters. The Kier molecular flexibility index (Phi) is 3.86. The smallest absolute Gasteiger partial charge is 0.121 e. The zero-order valence-corrected chi connectivity index (χ0v) is 10.7. The number of nitriles is 1. The molecule has 2 aromatic carbocycles. The van der Waals surface area contributed by atoms with Crippen LogP contribution in [0, 0.1) is 18.3 Å². The van der Waals surface area contributed by atoms with Crippen LogP contribution in [0.5, 0.6) is 5.75 Å². The molecule has 0 fully saturated rings. The van der Waals surface area contributed by atoms with E-state index < -0.39 is 0 Å². The maximum Gasteiger partial charge on any atom is 0.121 e. The largest absolute Gasteiger partial charge is 0.489 e. The first-order valence-electron chi connectivity index (χ1n) is 5.57. The van der Waals surface area contributed by atoms with Gasteiger partial charge in [0.15, 0.2) is 0 Å². The van der Waals surface area contributed by atoms with E-state index in [0.717, 1.165) is 5.56 Å². The second-order valence-corrected chi connectivity index (χ2v) is 4.43. The van der Waals surface area contributed by atoms with Gasteiger partial charge in [-0.3, -0.25) is 0 Å². The first kappa shape index (κ1) is 12.5. The van der Waals surface area contributed by atoms with E-state index in [4.69, 9.17) is 21.6 Å². The molecule has 0 atom stereocenters. The summed E-state index contributed by atoms with van der Waals surface area (Å²) in [4.78, 5) is 0. The maximum atomic E-state index is 8.77. The minimum atomic E-state index is 0.416. The molecule has 0 aromatic heterocycles. The zero-order valence-electron chi connectivity index (χ0n) is 9.98. The van der Waals surface area contributed by atoms with Gasteiger partial charge in [0.25, 0.3) is 0 Å². The van der Waals surface area contributed by atoms with Crippen LogP contribution in [0.25, 0.3) is 0 Å². The second-order valence-electron chi connectivity index (χ2n) is 4.03. The van der Waals surface area contributed by atoms with Gasteiger partial charge in [-0.25, -0.2) is 0 Å². The van der Waals surface area contributed by atoms with E-state index in [9.17, 15) is 0 Å². The van der Waals surface area contributed by atoms with Gasteiger partial charge in [-0.2, -0.15) is 5.26 Å². The van der Waals surface area contributed by atoms with Crippen LogP contribution in [0.15, 0.2) is 42.5 Å². The Bertz CT molecular complexity index is 584. The van der Waals surface area contributed by atoms with Gasteiger partial charge in [-0.1, -0.05) is 41.4 Å². The highest BCUT2D eigenvalue weighted by Gasteiger charge is 2.02. The lowest BCUT2D eigenvalue weighted by Gasteiger charge is -2.07. The molecular weight excluding hydrogens is 246 g/mol. The number of nitrogens with zero attached hydrogens (tertiary/aromatic N) is 1. The molecule has 0 amide bonds. The maximum absolute atomic E-state index is 8.77. The molecule has 0 aliphatic rings. The molecule has 90 valence electrons. The molecule has 2 aromatic rings. The third kappa shape index (κ3) is 3.03. The zero-order chi connectivity index (χ0) is 13.0. The third-order valence-corrected chi connectivity index (χ3v) is 2.90. The summed E-state index contributed by atoms with van der Waals surface area (Å²) in [7, 11) is 0. The van der Waals surface area contributed by atoms with Crippen molar-refractivity contribution in [3.05, 3.63) is 64.2 Å². The number of hydrogen-bond donors (Lipinski definition) is 0. The summed E-state index contributed by atoms with van der Waals surface area (Å²) in [6.45, 7) is 2.54. The third-order valence-electron chi connectivity index (χ3n) is 2.59. The van der Waals surface area contributed by atoms with Crippen LogP contribution >= 0.6 is 11.6 Å². The number of benzene rings is 2. The number of ether oxygens (including phenoxy) is 1. The first-order chi connectivity index (χ1) is 8.69. The summed E-state index contributed by atoms with van der Waals surface area (Å²) in [5.74, 6) is 0.666. The molecule has 0 heterocycles. The van der Waals surface area contributed by atoms with Crippen molar-refractivity contribution >= 4 is 11.6 Å². The van der Waals surface area contributed by atoms with Crippen LogP contribution in [0.4, 0.5) is 0 Å². The first-order valence-corrected chi connectivity index (χ1v) is 5.95. The number of rotatable bonds is 3. The average molecular weight is 258 g/mol. The van der Waals surface area contributed by atoms with Gasteiger partial charge < -0.3 is 4.74 Å². The number of halogens is 1. The van der Waals surface area contributed by atoms with E-state index >= 15 is 0 Å². The Balaban J connectivity index is 2.04. The molecule has 18 heavy (non-hydrogen) atoms. The van der Waals surface area contributed by atoms with E-state index in [1.165, 1.54) is 5.56 Å². The van der Waals surface area contributed by atoms with E-state index in [1.54, 1.807) is 18.2 Å². The average Bonchev–Trinajstić information content (AvgIpc) is 2.38. The highest BCUT2D eigenvalue weighted by atomic mass is 35.5. The van der Waals surface area contributed by atoms with Gasteiger partial charge in [0.1, 0.15) is 18.4 Å². The van der Waals surface area contributed by atoms with Gasteiger partial charge in [-0.15, -0.1) is 0 Å². The van der Waals surface area contributed by atoms with Crippen molar-refractivity contribution < 1.29 is 4.74 Å². The Hall–Kier alpha value is -1.98. The summed E-state index contributed by atoms with van der Waals surface area (Å²) in [6.07, 6.45) is 0. The van der Waals surface area contributed by atoms with Crippen molar-refractivity contribution in [2.45, 2.75) is 13.5 Å². The topological polar surface area (TPSA) is 33.0 Å². The predicted molar refractivity (Wildman–Crippen MR) is 71.7 cm³/mol. The fraction of sp³-hybridized carbons (Fsp3) is 0.133. The molecule has 0 N–H and O–H groups in total. The Morgan fingerprint density at radius 1 is 1.17 bits per heavy atom. The van der Waals surface area contributed by atoms with Gasteiger partial charge in [0, 0.05) is 6.07 Å². The summed E-state index contributed by atoms with van der Waals surface area (Å²) in [5, 5.41) is 9.18. The Morgan fingerprint density at radius 2 is 1.89 bits per heavy atom. The Labute approximate surface area is 111 Å². The van der Waals surface area contributed by atoms with Crippen LogP contribution in [0.3, 0.4) is 0 Å². The lowest BCUT2D eigenvalue weighted by molar-refractivity contribution is 0.306. The lowest BCUT2D eigenvalue weighted by atomic mass is 10.2. The van der Waals surface area contributed by atoms with E-state index in [0.29, 0.717) is 22.9 Å². The van der Waals surface area contributed by atoms with Crippen molar-refractivity contribution in [1.29, 1.82) is 5.26 Å². The number of aryl methyl sites for hydroxylation is 1. The van der Waals surface area contributed by atoms with Crippen molar-refractivity contribution in [2.75, 3.05) is 0 Å². The van der Waals surface area contributed by atoms with E-state index in [-0.39, 0.29) is 0 Å². The molecule has 2 nitrogen and oxygen atoms in total. The van der Waals surface area contributed by atoms with Crippen molar-refractivity contribution in [3.8, 4) is 11.8 Å². The fourth-order valence-corrected chi connectivity index (χ4v) is 1.74. The molecule has 0 radical (unpaired) electrons. The van der Waals surface area contributed by atoms with Gasteiger partial charge in [0.2, 0.25) is 0 Å². The van der Waals surface area contributed by atoms with Gasteiger partial charge in [0.05, 0.1) is 10.6 Å². The standard InChI is InChI=1S/C15H12ClNO/c1-11-2-4-12(5-3-11)10-18-14-7-6-13(9-17)15(16)8-14/h2-8H,10H2,1H3. The minimum absolute atomic E-state index is 0.416. The van der Waals surface area contributed by atoms with E-state index in [1.807, 2.05) is 37.3 Å². The predicted octanol–water partition coefficient (Wildman–Crippen LogP) is 4.10. The summed E-state index contributed by atoms with van der Waals surface area (Å²) < 4.78 is 5.62. The highest BCUT2D eigenvalue weighted by molar-refractivity contribution is 6.31. The minimum Gasteiger partial charge on any atom is -0.489 e. The van der Waals surface area contributed by atoms with E-state index in [2.05, 4.69) is 0 Å². The molecule has 0 aliphatic heterocycles. The molecule has 0 saturated heterocycles. The van der Waals surface area contributed by atoms with Crippen LogP contribution in [-0.2, 0) is 6.61 Å². The normalized spacial score (nSPS) is 9.83. The van der Waals surface area contributed by atoms with Gasteiger partial charge >= 0.3 is 0 Å². The molecule has 2 rings (SSSR count). The fourth-order valence-electron chi connectivity index (χ4n) is 1.53. The SMILES string of the molecule is Cc1ccc(COc2ccc(C#N)c(Cl)c2)cc1. The molecule has 0 aliphatic carbocycles. The lowest BCUT2D eigenvalue weighted by Crippen LogP contribution is -1.95. The Morgan fingerprint density at radius 3 is 2.50 bits per heavy atom. The van der Waals surface area contributed by atoms with Crippen molar-refractivity contribution in [1.82, 2.24) is 0 Å². The van der Waals surface area contributed by atoms with Crippen LogP contribution in [-0.4, -0.2) is 0 Å². The quantitative estimate of drug-likeness (QED) is 0.829. The van der Waals surface area contributed by atoms with Crippen LogP contribution in [0.2, 0.25) is 5.02 Å². The molecule has 0 saturated carbocycles.